The maximum Gasteiger partial charge on any atom is 0.323 e. The predicted molar refractivity (Wildman–Crippen MR) is 86.6 cm³/mol. The summed E-state index contributed by atoms with van der Waals surface area (Å²) in [6.07, 6.45) is 0. The van der Waals surface area contributed by atoms with Crippen LogP contribution in [0.25, 0.3) is 0 Å². The van der Waals surface area contributed by atoms with E-state index in [9.17, 15) is 9.59 Å². The Labute approximate surface area is 137 Å². The van der Waals surface area contributed by atoms with Crippen LogP contribution in [0, 0.1) is 11.8 Å². The van der Waals surface area contributed by atoms with Crippen molar-refractivity contribution in [2.24, 2.45) is 11.8 Å². The summed E-state index contributed by atoms with van der Waals surface area (Å²) in [7, 11) is 1.37. The van der Waals surface area contributed by atoms with Crippen molar-refractivity contribution in [2.75, 3.05) is 7.11 Å². The molecule has 4 unspecified atom stereocenters. The molecule has 0 aliphatic carbocycles. The van der Waals surface area contributed by atoms with Gasteiger partial charge >= 0.3 is 11.9 Å². The summed E-state index contributed by atoms with van der Waals surface area (Å²) in [5.41, 5.74) is 0.394. The number of carbonyl (C=O) groups is 2. The largest absolute Gasteiger partial charge is 0.469 e. The van der Waals surface area contributed by atoms with E-state index in [2.05, 4.69) is 5.32 Å². The number of rotatable bonds is 3. The van der Waals surface area contributed by atoms with Gasteiger partial charge in [-0.2, -0.15) is 0 Å². The molecule has 0 amide bonds. The molecular formula is C18H25NO4. The Bertz CT molecular complexity index is 564. The lowest BCUT2D eigenvalue weighted by Gasteiger charge is -2.24. The summed E-state index contributed by atoms with van der Waals surface area (Å²) >= 11 is 0. The molecule has 2 rings (SSSR count). The van der Waals surface area contributed by atoms with Gasteiger partial charge in [0.05, 0.1) is 13.0 Å². The van der Waals surface area contributed by atoms with Gasteiger partial charge in [-0.05, 0) is 32.3 Å². The molecule has 1 aromatic carbocycles. The fraction of sp³-hybridized carbons (Fsp3) is 0.556. The van der Waals surface area contributed by atoms with Crippen molar-refractivity contribution in [1.82, 2.24) is 5.32 Å². The van der Waals surface area contributed by atoms with Crippen LogP contribution in [0.3, 0.4) is 0 Å². The lowest BCUT2D eigenvalue weighted by Crippen LogP contribution is -2.40. The third-order valence-electron chi connectivity index (χ3n) is 4.10. The van der Waals surface area contributed by atoms with Crippen LogP contribution < -0.4 is 5.32 Å². The van der Waals surface area contributed by atoms with Gasteiger partial charge in [0, 0.05) is 6.04 Å². The van der Waals surface area contributed by atoms with Crippen LogP contribution in [0.5, 0.6) is 0 Å². The van der Waals surface area contributed by atoms with Gasteiger partial charge in [-0.1, -0.05) is 37.3 Å². The SMILES string of the molecule is COC(=O)C1C(c2ccccc2)NC(C(=O)OC(C)(C)C)C1C. The van der Waals surface area contributed by atoms with Crippen molar-refractivity contribution < 1.29 is 19.1 Å². The van der Waals surface area contributed by atoms with E-state index in [4.69, 9.17) is 9.47 Å². The quantitative estimate of drug-likeness (QED) is 0.867. The zero-order valence-corrected chi connectivity index (χ0v) is 14.3. The highest BCUT2D eigenvalue weighted by atomic mass is 16.6. The number of hydrogen-bond acceptors (Lipinski definition) is 5. The summed E-state index contributed by atoms with van der Waals surface area (Å²) < 4.78 is 10.4. The van der Waals surface area contributed by atoms with Gasteiger partial charge < -0.3 is 9.47 Å². The first kappa shape index (κ1) is 17.5. The van der Waals surface area contributed by atoms with Crippen molar-refractivity contribution in [3.8, 4) is 0 Å². The van der Waals surface area contributed by atoms with Crippen molar-refractivity contribution in [1.29, 1.82) is 0 Å². The number of benzene rings is 1. The van der Waals surface area contributed by atoms with Crippen LogP contribution in [0.15, 0.2) is 30.3 Å². The minimum atomic E-state index is -0.565. The molecule has 126 valence electrons. The molecule has 1 saturated heterocycles. The maximum atomic E-state index is 12.5. The van der Waals surface area contributed by atoms with E-state index < -0.39 is 17.6 Å². The predicted octanol–water partition coefficient (Wildman–Crippen LogP) is 2.47. The minimum Gasteiger partial charge on any atom is -0.469 e. The Balaban J connectivity index is 2.28. The van der Waals surface area contributed by atoms with Crippen molar-refractivity contribution in [2.45, 2.75) is 45.4 Å². The van der Waals surface area contributed by atoms with E-state index in [1.807, 2.05) is 58.0 Å². The van der Waals surface area contributed by atoms with Crippen LogP contribution in [-0.2, 0) is 19.1 Å². The van der Waals surface area contributed by atoms with Crippen molar-refractivity contribution >= 4 is 11.9 Å². The van der Waals surface area contributed by atoms with E-state index in [1.165, 1.54) is 7.11 Å². The Hall–Kier alpha value is -1.88. The third kappa shape index (κ3) is 3.91. The molecule has 1 aromatic rings. The van der Waals surface area contributed by atoms with Crippen LogP contribution in [0.2, 0.25) is 0 Å². The number of ether oxygens (including phenoxy) is 2. The number of carbonyl (C=O) groups excluding carboxylic acids is 2. The summed E-state index contributed by atoms with van der Waals surface area (Å²) in [6.45, 7) is 7.37. The molecule has 4 atom stereocenters. The van der Waals surface area contributed by atoms with Gasteiger partial charge in [0.1, 0.15) is 11.6 Å². The number of nitrogens with one attached hydrogen (secondary N) is 1. The highest BCUT2D eigenvalue weighted by molar-refractivity contribution is 5.81. The van der Waals surface area contributed by atoms with Gasteiger partial charge in [0.25, 0.3) is 0 Å². The van der Waals surface area contributed by atoms with Crippen LogP contribution in [0.1, 0.15) is 39.3 Å². The lowest BCUT2D eigenvalue weighted by molar-refractivity contribution is -0.158. The highest BCUT2D eigenvalue weighted by Crippen LogP contribution is 2.38. The molecule has 0 bridgehead atoms. The summed E-state index contributed by atoms with van der Waals surface area (Å²) in [5.74, 6) is -1.30. The second-order valence-corrected chi connectivity index (χ2v) is 6.97. The summed E-state index contributed by atoms with van der Waals surface area (Å²) in [6, 6.07) is 8.82. The van der Waals surface area contributed by atoms with Gasteiger partial charge in [0.15, 0.2) is 0 Å². The van der Waals surface area contributed by atoms with E-state index in [0.29, 0.717) is 0 Å². The molecule has 1 heterocycles. The zero-order valence-electron chi connectivity index (χ0n) is 14.3. The second-order valence-electron chi connectivity index (χ2n) is 6.97. The number of methoxy groups -OCH3 is 1. The van der Waals surface area contributed by atoms with E-state index >= 15 is 0 Å². The molecule has 0 aromatic heterocycles. The van der Waals surface area contributed by atoms with E-state index in [-0.39, 0.29) is 23.9 Å². The smallest absolute Gasteiger partial charge is 0.323 e. The Morgan fingerprint density at radius 3 is 2.22 bits per heavy atom. The molecule has 1 aliphatic rings. The first-order valence-corrected chi connectivity index (χ1v) is 7.86. The van der Waals surface area contributed by atoms with Gasteiger partial charge in [0.2, 0.25) is 0 Å². The Kier molecular flexibility index (Phi) is 5.09. The van der Waals surface area contributed by atoms with Crippen molar-refractivity contribution in [3.63, 3.8) is 0 Å². The molecule has 23 heavy (non-hydrogen) atoms. The number of esters is 2. The van der Waals surface area contributed by atoms with E-state index in [1.54, 1.807) is 0 Å². The molecule has 0 radical (unpaired) electrons. The molecule has 1 aliphatic heterocycles. The molecular weight excluding hydrogens is 294 g/mol. The van der Waals surface area contributed by atoms with Crippen LogP contribution in [-0.4, -0.2) is 30.7 Å². The van der Waals surface area contributed by atoms with Crippen molar-refractivity contribution in [3.05, 3.63) is 35.9 Å². The van der Waals surface area contributed by atoms with Gasteiger partial charge in [-0.15, -0.1) is 0 Å². The monoisotopic (exact) mass is 319 g/mol. The molecule has 0 spiro atoms. The van der Waals surface area contributed by atoms with Crippen LogP contribution in [0.4, 0.5) is 0 Å². The molecule has 5 nitrogen and oxygen atoms in total. The molecule has 5 heteroatoms. The fourth-order valence-corrected chi connectivity index (χ4v) is 3.06. The maximum absolute atomic E-state index is 12.5. The summed E-state index contributed by atoms with van der Waals surface area (Å²) in [5, 5.41) is 3.27. The summed E-state index contributed by atoms with van der Waals surface area (Å²) in [4.78, 5) is 24.7. The molecule has 1 N–H and O–H groups in total. The first-order valence-electron chi connectivity index (χ1n) is 7.86. The number of hydrogen-bond donors (Lipinski definition) is 1. The topological polar surface area (TPSA) is 64.6 Å². The standard InChI is InChI=1S/C18H25NO4/c1-11-13(16(20)22-5)15(12-9-7-6-8-10-12)19-14(11)17(21)23-18(2,3)4/h6-11,13-15,19H,1-5H3. The van der Waals surface area contributed by atoms with Gasteiger partial charge in [-0.3, -0.25) is 14.9 Å². The zero-order chi connectivity index (χ0) is 17.2. The van der Waals surface area contributed by atoms with Gasteiger partial charge in [-0.25, -0.2) is 0 Å². The average molecular weight is 319 g/mol. The minimum absolute atomic E-state index is 0.220. The van der Waals surface area contributed by atoms with Crippen LogP contribution >= 0.6 is 0 Å². The molecule has 1 fully saturated rings. The highest BCUT2D eigenvalue weighted by Gasteiger charge is 2.49. The fourth-order valence-electron chi connectivity index (χ4n) is 3.06. The Morgan fingerprint density at radius 1 is 1.09 bits per heavy atom. The second kappa shape index (κ2) is 6.71. The Morgan fingerprint density at radius 2 is 1.70 bits per heavy atom. The normalized spacial score (nSPS) is 27.5. The van der Waals surface area contributed by atoms with E-state index in [0.717, 1.165) is 5.56 Å². The molecule has 0 saturated carbocycles. The third-order valence-corrected chi connectivity index (χ3v) is 4.10. The lowest BCUT2D eigenvalue weighted by atomic mass is 9.85. The first-order chi connectivity index (χ1) is 10.7. The average Bonchev–Trinajstić information content (AvgIpc) is 2.83.